The standard InChI is InChI=1S/C13H16O5/c1-2-3-4-16-10-7-9(13(14)15)8-11-12(10)18-6-5-17-11/h7-8H,2-6H2,1H3,(H,14,15). The summed E-state index contributed by atoms with van der Waals surface area (Å²) in [5.41, 5.74) is 0.144. The Morgan fingerprint density at radius 1 is 1.39 bits per heavy atom. The van der Waals surface area contributed by atoms with Crippen LogP contribution >= 0.6 is 0 Å². The van der Waals surface area contributed by atoms with E-state index in [4.69, 9.17) is 19.3 Å². The average molecular weight is 252 g/mol. The first-order chi connectivity index (χ1) is 8.72. The van der Waals surface area contributed by atoms with Gasteiger partial charge in [0.1, 0.15) is 13.2 Å². The lowest BCUT2D eigenvalue weighted by Crippen LogP contribution is -2.17. The van der Waals surface area contributed by atoms with Gasteiger partial charge in [0.25, 0.3) is 0 Å². The zero-order chi connectivity index (χ0) is 13.0. The van der Waals surface area contributed by atoms with Crippen LogP contribution in [0.15, 0.2) is 12.1 Å². The summed E-state index contributed by atoms with van der Waals surface area (Å²) in [6.45, 7) is 3.47. The van der Waals surface area contributed by atoms with Crippen LogP contribution in [0.4, 0.5) is 0 Å². The number of ether oxygens (including phenoxy) is 3. The summed E-state index contributed by atoms with van der Waals surface area (Å²) < 4.78 is 16.4. The highest BCUT2D eigenvalue weighted by Crippen LogP contribution is 2.40. The van der Waals surface area contributed by atoms with Gasteiger partial charge in [0.05, 0.1) is 12.2 Å². The zero-order valence-electron chi connectivity index (χ0n) is 10.3. The molecule has 0 aromatic heterocycles. The van der Waals surface area contributed by atoms with Gasteiger partial charge < -0.3 is 19.3 Å². The molecule has 0 radical (unpaired) electrons. The molecule has 1 aromatic carbocycles. The number of hydrogen-bond donors (Lipinski definition) is 1. The van der Waals surface area contributed by atoms with E-state index in [2.05, 4.69) is 6.92 Å². The third kappa shape index (κ3) is 2.67. The van der Waals surface area contributed by atoms with Gasteiger partial charge in [0.15, 0.2) is 11.5 Å². The number of unbranched alkanes of at least 4 members (excludes halogenated alkanes) is 1. The Bertz CT molecular complexity index is 441. The minimum absolute atomic E-state index is 0.144. The molecule has 0 fully saturated rings. The molecule has 0 bridgehead atoms. The normalized spacial score (nSPS) is 13.2. The summed E-state index contributed by atoms with van der Waals surface area (Å²) in [4.78, 5) is 11.0. The largest absolute Gasteiger partial charge is 0.490 e. The second-order valence-electron chi connectivity index (χ2n) is 4.01. The first-order valence-corrected chi connectivity index (χ1v) is 6.02. The fourth-order valence-corrected chi connectivity index (χ4v) is 1.68. The number of carbonyl (C=O) groups is 1. The molecule has 5 heteroatoms. The molecule has 1 heterocycles. The predicted octanol–water partition coefficient (Wildman–Crippen LogP) is 2.33. The van der Waals surface area contributed by atoms with E-state index in [0.29, 0.717) is 37.1 Å². The van der Waals surface area contributed by atoms with E-state index in [1.165, 1.54) is 12.1 Å². The molecule has 1 aromatic rings. The lowest BCUT2D eigenvalue weighted by atomic mass is 10.1. The van der Waals surface area contributed by atoms with Crippen molar-refractivity contribution in [1.29, 1.82) is 0 Å². The smallest absolute Gasteiger partial charge is 0.335 e. The summed E-state index contributed by atoms with van der Waals surface area (Å²) in [6.07, 6.45) is 1.92. The van der Waals surface area contributed by atoms with Gasteiger partial charge in [-0.2, -0.15) is 0 Å². The molecule has 0 atom stereocenters. The van der Waals surface area contributed by atoms with Crippen molar-refractivity contribution in [3.8, 4) is 17.2 Å². The average Bonchev–Trinajstić information content (AvgIpc) is 2.38. The molecule has 0 spiro atoms. The molecule has 5 nitrogen and oxygen atoms in total. The van der Waals surface area contributed by atoms with E-state index in [1.807, 2.05) is 0 Å². The quantitative estimate of drug-likeness (QED) is 0.815. The van der Waals surface area contributed by atoms with Crippen LogP contribution in [0.25, 0.3) is 0 Å². The van der Waals surface area contributed by atoms with Gasteiger partial charge in [-0.05, 0) is 18.6 Å². The molecule has 0 aliphatic carbocycles. The van der Waals surface area contributed by atoms with Gasteiger partial charge in [-0.1, -0.05) is 13.3 Å². The van der Waals surface area contributed by atoms with Crippen molar-refractivity contribution in [3.05, 3.63) is 17.7 Å². The molecule has 2 rings (SSSR count). The molecule has 0 saturated carbocycles. The summed E-state index contributed by atoms with van der Waals surface area (Å²) in [7, 11) is 0. The van der Waals surface area contributed by atoms with E-state index in [-0.39, 0.29) is 5.56 Å². The molecule has 0 unspecified atom stereocenters. The topological polar surface area (TPSA) is 65.0 Å². The molecule has 0 amide bonds. The van der Waals surface area contributed by atoms with E-state index >= 15 is 0 Å². The highest BCUT2D eigenvalue weighted by atomic mass is 16.6. The van der Waals surface area contributed by atoms with E-state index in [1.54, 1.807) is 0 Å². The van der Waals surface area contributed by atoms with Crippen LogP contribution in [0.1, 0.15) is 30.1 Å². The maximum atomic E-state index is 11.0. The lowest BCUT2D eigenvalue weighted by Gasteiger charge is -2.21. The van der Waals surface area contributed by atoms with Crippen molar-refractivity contribution in [2.75, 3.05) is 19.8 Å². The minimum Gasteiger partial charge on any atom is -0.490 e. The number of benzene rings is 1. The summed E-state index contributed by atoms with van der Waals surface area (Å²) in [5, 5.41) is 9.03. The van der Waals surface area contributed by atoms with Gasteiger partial charge in [0, 0.05) is 0 Å². The summed E-state index contributed by atoms with van der Waals surface area (Å²) in [5.74, 6) is 0.375. The monoisotopic (exact) mass is 252 g/mol. The van der Waals surface area contributed by atoms with Crippen LogP contribution in [0.3, 0.4) is 0 Å². The first kappa shape index (κ1) is 12.5. The Kier molecular flexibility index (Phi) is 3.92. The fourth-order valence-electron chi connectivity index (χ4n) is 1.68. The zero-order valence-corrected chi connectivity index (χ0v) is 10.3. The summed E-state index contributed by atoms with van der Waals surface area (Å²) >= 11 is 0. The number of hydrogen-bond acceptors (Lipinski definition) is 4. The highest BCUT2D eigenvalue weighted by Gasteiger charge is 2.20. The number of rotatable bonds is 5. The molecule has 0 saturated heterocycles. The summed E-state index contributed by atoms with van der Waals surface area (Å²) in [6, 6.07) is 2.94. The van der Waals surface area contributed by atoms with Gasteiger partial charge in [-0.25, -0.2) is 4.79 Å². The Balaban J connectivity index is 2.29. The van der Waals surface area contributed by atoms with Crippen molar-refractivity contribution in [1.82, 2.24) is 0 Å². The number of aromatic carboxylic acids is 1. The van der Waals surface area contributed by atoms with Crippen LogP contribution in [0.5, 0.6) is 17.2 Å². The SMILES string of the molecule is CCCCOc1cc(C(=O)O)cc2c1OCCO2. The van der Waals surface area contributed by atoms with Crippen molar-refractivity contribution >= 4 is 5.97 Å². The Morgan fingerprint density at radius 2 is 2.17 bits per heavy atom. The van der Waals surface area contributed by atoms with Gasteiger partial charge in [-0.3, -0.25) is 0 Å². The van der Waals surface area contributed by atoms with Crippen LogP contribution in [0, 0.1) is 0 Å². The number of carboxylic acid groups (broad SMARTS) is 1. The molecular formula is C13H16O5. The fraction of sp³-hybridized carbons (Fsp3) is 0.462. The minimum atomic E-state index is -1.01. The molecule has 1 aliphatic heterocycles. The Labute approximate surface area is 105 Å². The van der Waals surface area contributed by atoms with E-state index < -0.39 is 5.97 Å². The first-order valence-electron chi connectivity index (χ1n) is 6.02. The van der Waals surface area contributed by atoms with Crippen molar-refractivity contribution in [3.63, 3.8) is 0 Å². The predicted molar refractivity (Wildman–Crippen MR) is 64.8 cm³/mol. The number of fused-ring (bicyclic) bond motifs is 1. The van der Waals surface area contributed by atoms with Crippen molar-refractivity contribution in [2.45, 2.75) is 19.8 Å². The molecule has 18 heavy (non-hydrogen) atoms. The third-order valence-corrected chi connectivity index (χ3v) is 2.61. The van der Waals surface area contributed by atoms with Crippen LogP contribution in [-0.2, 0) is 0 Å². The third-order valence-electron chi connectivity index (χ3n) is 2.61. The highest BCUT2D eigenvalue weighted by molar-refractivity contribution is 5.89. The van der Waals surface area contributed by atoms with E-state index in [0.717, 1.165) is 12.8 Å². The van der Waals surface area contributed by atoms with E-state index in [9.17, 15) is 4.79 Å². The van der Waals surface area contributed by atoms with Crippen molar-refractivity contribution in [2.24, 2.45) is 0 Å². The number of carboxylic acids is 1. The van der Waals surface area contributed by atoms with Crippen molar-refractivity contribution < 1.29 is 24.1 Å². The second kappa shape index (κ2) is 5.62. The van der Waals surface area contributed by atoms with Crippen LogP contribution < -0.4 is 14.2 Å². The molecular weight excluding hydrogens is 236 g/mol. The maximum absolute atomic E-state index is 11.0. The molecule has 1 N–H and O–H groups in total. The van der Waals surface area contributed by atoms with Crippen LogP contribution in [-0.4, -0.2) is 30.9 Å². The molecule has 98 valence electrons. The van der Waals surface area contributed by atoms with Gasteiger partial charge >= 0.3 is 5.97 Å². The maximum Gasteiger partial charge on any atom is 0.335 e. The molecule has 1 aliphatic rings. The van der Waals surface area contributed by atoms with Gasteiger partial charge in [-0.15, -0.1) is 0 Å². The lowest BCUT2D eigenvalue weighted by molar-refractivity contribution is 0.0694. The second-order valence-corrected chi connectivity index (χ2v) is 4.01. The Hall–Kier alpha value is -1.91. The van der Waals surface area contributed by atoms with Crippen LogP contribution in [0.2, 0.25) is 0 Å². The van der Waals surface area contributed by atoms with Gasteiger partial charge in [0.2, 0.25) is 5.75 Å². The Morgan fingerprint density at radius 3 is 2.89 bits per heavy atom.